The number of carbonyl (C=O) groups is 2. The van der Waals surface area contributed by atoms with Gasteiger partial charge in [-0.2, -0.15) is 0 Å². The summed E-state index contributed by atoms with van der Waals surface area (Å²) in [5.41, 5.74) is 4.38. The third kappa shape index (κ3) is 4.56. The first-order valence-electron chi connectivity index (χ1n) is 18.6. The molecule has 1 amide bonds. The Morgan fingerprint density at radius 2 is 1.73 bits per heavy atom. The molecule has 5 nitrogen and oxygen atoms in total. The molecule has 7 rings (SSSR count). The number of carboxylic acid groups (broad SMARTS) is 1. The maximum absolute atomic E-state index is 14.5. The smallest absolute Gasteiger partial charge is 0.335 e. The van der Waals surface area contributed by atoms with E-state index < -0.39 is 5.97 Å². The van der Waals surface area contributed by atoms with Crippen LogP contribution in [0.1, 0.15) is 127 Å². The van der Waals surface area contributed by atoms with E-state index in [0.29, 0.717) is 35.2 Å². The van der Waals surface area contributed by atoms with E-state index in [1.165, 1.54) is 43.3 Å². The summed E-state index contributed by atoms with van der Waals surface area (Å²) in [6.07, 6.45) is 15.6. The number of nitrogens with zero attached hydrogens (tertiary/aromatic N) is 1. The van der Waals surface area contributed by atoms with Crippen molar-refractivity contribution in [2.24, 2.45) is 56.7 Å². The molecule has 0 radical (unpaired) electrons. The predicted molar refractivity (Wildman–Crippen MR) is 196 cm³/mol. The van der Waals surface area contributed by atoms with Crippen molar-refractivity contribution in [1.29, 1.82) is 0 Å². The summed E-state index contributed by atoms with van der Waals surface area (Å²) in [4.78, 5) is 31.7. The van der Waals surface area contributed by atoms with Crippen LogP contribution in [0.3, 0.4) is 0 Å². The Labute approximate surface area is 292 Å². The molecule has 5 aliphatic rings. The minimum Gasteiger partial charge on any atom is -0.478 e. The Balaban J connectivity index is 1.25. The van der Waals surface area contributed by atoms with E-state index in [1.807, 2.05) is 25.3 Å². The van der Waals surface area contributed by atoms with Crippen molar-refractivity contribution in [2.75, 3.05) is 5.32 Å². The van der Waals surface area contributed by atoms with Crippen LogP contribution in [-0.2, 0) is 4.79 Å². The van der Waals surface area contributed by atoms with Crippen LogP contribution in [0.2, 0.25) is 0 Å². The number of thiazole rings is 1. The van der Waals surface area contributed by atoms with Gasteiger partial charge in [-0.15, -0.1) is 11.3 Å². The summed E-state index contributed by atoms with van der Waals surface area (Å²) in [5.74, 6) is 1.75. The number of aryl methyl sites for hydroxylation is 1. The van der Waals surface area contributed by atoms with Gasteiger partial charge in [0.05, 0.1) is 11.0 Å². The third-order valence-corrected chi connectivity index (χ3v) is 16.5. The number of carbonyl (C=O) groups excluding carboxylic acids is 1. The molecule has 2 N–H and O–H groups in total. The van der Waals surface area contributed by atoms with Gasteiger partial charge in [-0.3, -0.25) is 4.79 Å². The Morgan fingerprint density at radius 3 is 2.35 bits per heavy atom. The first-order chi connectivity index (χ1) is 22.6. The van der Waals surface area contributed by atoms with Crippen LogP contribution in [-0.4, -0.2) is 22.0 Å². The van der Waals surface area contributed by atoms with Gasteiger partial charge in [0.2, 0.25) is 5.91 Å². The zero-order valence-corrected chi connectivity index (χ0v) is 31.1. The second kappa shape index (κ2) is 11.4. The number of fused-ring (bicyclic) bond motifs is 7. The van der Waals surface area contributed by atoms with Crippen molar-refractivity contribution in [2.45, 2.75) is 113 Å². The number of aromatic carboxylic acids is 1. The van der Waals surface area contributed by atoms with Gasteiger partial charge in [0.15, 0.2) is 5.13 Å². The molecule has 2 aromatic rings. The fourth-order valence-electron chi connectivity index (χ4n) is 13.7. The van der Waals surface area contributed by atoms with Crippen molar-refractivity contribution in [3.63, 3.8) is 0 Å². The first-order valence-corrected chi connectivity index (χ1v) is 19.4. The number of hydrogen-bond acceptors (Lipinski definition) is 4. The summed E-state index contributed by atoms with van der Waals surface area (Å²) in [5, 5.41) is 13.6. The zero-order valence-electron chi connectivity index (χ0n) is 30.2. The minimum atomic E-state index is -0.875. The Kier molecular flexibility index (Phi) is 8.02. The summed E-state index contributed by atoms with van der Waals surface area (Å²) >= 11 is 1.58. The van der Waals surface area contributed by atoms with E-state index >= 15 is 0 Å². The van der Waals surface area contributed by atoms with E-state index in [4.69, 9.17) is 0 Å². The largest absolute Gasteiger partial charge is 0.478 e. The van der Waals surface area contributed by atoms with Crippen molar-refractivity contribution in [3.8, 4) is 0 Å². The van der Waals surface area contributed by atoms with Gasteiger partial charge in [-0.1, -0.05) is 65.0 Å². The number of aromatic nitrogens is 1. The second-order valence-corrected chi connectivity index (χ2v) is 18.8. The Hall–Kier alpha value is -2.73. The maximum atomic E-state index is 14.5. The molecule has 9 unspecified atom stereocenters. The van der Waals surface area contributed by atoms with Gasteiger partial charge >= 0.3 is 5.97 Å². The van der Waals surface area contributed by atoms with Crippen molar-refractivity contribution in [1.82, 2.24) is 4.98 Å². The monoisotopic (exact) mass is 668 g/mol. The molecule has 4 saturated carbocycles. The molecule has 258 valence electrons. The highest BCUT2D eigenvalue weighted by Crippen LogP contribution is 2.78. The van der Waals surface area contributed by atoms with E-state index in [9.17, 15) is 14.7 Å². The molecule has 9 atom stereocenters. The highest BCUT2D eigenvalue weighted by Gasteiger charge is 2.72. The fraction of sp³-hybridized carbons (Fsp3) is 0.643. The summed E-state index contributed by atoms with van der Waals surface area (Å²) in [7, 11) is 0. The van der Waals surface area contributed by atoms with Gasteiger partial charge in [0.1, 0.15) is 0 Å². The Morgan fingerprint density at radius 1 is 1.00 bits per heavy atom. The number of allylic oxidation sites excluding steroid dienone is 3. The first kappa shape index (κ1) is 33.8. The summed E-state index contributed by atoms with van der Waals surface area (Å²) < 4.78 is 0. The normalized spacial score (nSPS) is 39.6. The minimum absolute atomic E-state index is 0.0141. The van der Waals surface area contributed by atoms with Gasteiger partial charge in [0.25, 0.3) is 0 Å². The molecular weight excluding hydrogens is 613 g/mol. The third-order valence-electron chi connectivity index (χ3n) is 15.7. The number of carboxylic acids is 1. The van der Waals surface area contributed by atoms with Crippen LogP contribution in [0.5, 0.6) is 0 Å². The number of benzene rings is 1. The second-order valence-electron chi connectivity index (χ2n) is 17.6. The molecule has 0 bridgehead atoms. The lowest BCUT2D eigenvalue weighted by atomic mass is 9.31. The van der Waals surface area contributed by atoms with E-state index in [1.54, 1.807) is 23.5 Å². The highest BCUT2D eigenvalue weighted by molar-refractivity contribution is 7.15. The van der Waals surface area contributed by atoms with Crippen molar-refractivity contribution in [3.05, 3.63) is 64.7 Å². The molecule has 6 heteroatoms. The highest BCUT2D eigenvalue weighted by atomic mass is 32.1. The summed E-state index contributed by atoms with van der Waals surface area (Å²) in [6.45, 7) is 21.5. The van der Waals surface area contributed by atoms with E-state index in [0.717, 1.165) is 47.7 Å². The maximum Gasteiger partial charge on any atom is 0.335 e. The van der Waals surface area contributed by atoms with Crippen LogP contribution >= 0.6 is 11.3 Å². The topological polar surface area (TPSA) is 79.3 Å². The predicted octanol–water partition coefficient (Wildman–Crippen LogP) is 10.8. The molecule has 48 heavy (non-hydrogen) atoms. The molecule has 1 aromatic heterocycles. The lowest BCUT2D eigenvalue weighted by Crippen LogP contribution is -2.66. The number of amides is 1. The van der Waals surface area contributed by atoms with Crippen LogP contribution in [0.25, 0.3) is 5.57 Å². The van der Waals surface area contributed by atoms with Gasteiger partial charge in [-0.05, 0) is 153 Å². The van der Waals surface area contributed by atoms with Gasteiger partial charge in [-0.25, -0.2) is 9.78 Å². The van der Waals surface area contributed by atoms with Gasteiger partial charge in [0, 0.05) is 11.1 Å². The molecule has 0 saturated heterocycles. The van der Waals surface area contributed by atoms with Crippen LogP contribution < -0.4 is 5.32 Å². The lowest BCUT2D eigenvalue weighted by Gasteiger charge is -2.73. The Bertz CT molecular complexity index is 1670. The van der Waals surface area contributed by atoms with Crippen molar-refractivity contribution < 1.29 is 14.7 Å². The number of rotatable bonds is 6. The molecule has 0 aliphatic heterocycles. The SMILES string of the molecule is C=C(C)C1CCC2(C(=O)Nc3ncc(C)s3)CCC3(CC)C(CCC4C5(C)CC=C(c6ccc(C(=O)O)cc6)C(C)(C)C5CCC43C)C12. The average molecular weight is 669 g/mol. The summed E-state index contributed by atoms with van der Waals surface area (Å²) in [6, 6.07) is 7.55. The molecule has 4 fully saturated rings. The van der Waals surface area contributed by atoms with Crippen LogP contribution in [0.4, 0.5) is 5.13 Å². The zero-order chi connectivity index (χ0) is 34.4. The van der Waals surface area contributed by atoms with Crippen molar-refractivity contribution >= 4 is 33.9 Å². The lowest BCUT2D eigenvalue weighted by molar-refractivity contribution is -0.232. The van der Waals surface area contributed by atoms with Crippen LogP contribution in [0.15, 0.2) is 48.7 Å². The standard InChI is InChI=1S/C42H56N2O3S/c1-9-42-23-22-41(36(47)44-37-43-24-26(4)48-37)21-16-29(25(2)3)34(41)31(42)14-15-33-39(7)19-17-30(27-10-12-28(13-11-27)35(45)46)38(5,6)32(39)18-20-40(33,42)8/h10-13,17,24,29,31-34H,2,9,14-16,18-23H2,1,3-8H3,(H,45,46)(H,43,44,47). The number of anilines is 1. The number of nitrogens with one attached hydrogen (secondary N) is 1. The molecular formula is C42H56N2O3S. The molecule has 0 spiro atoms. The average Bonchev–Trinajstić information content (AvgIpc) is 3.64. The van der Waals surface area contributed by atoms with E-state index in [-0.39, 0.29) is 33.0 Å². The number of hydrogen-bond donors (Lipinski definition) is 2. The van der Waals surface area contributed by atoms with Crippen LogP contribution in [0, 0.1) is 63.6 Å². The van der Waals surface area contributed by atoms with E-state index in [2.05, 4.69) is 64.5 Å². The fourth-order valence-corrected chi connectivity index (χ4v) is 14.3. The molecule has 1 heterocycles. The quantitative estimate of drug-likeness (QED) is 0.300. The molecule has 5 aliphatic carbocycles. The van der Waals surface area contributed by atoms with Gasteiger partial charge < -0.3 is 10.4 Å². The molecule has 1 aromatic carbocycles.